The quantitative estimate of drug-likeness (QED) is 0.280. The summed E-state index contributed by atoms with van der Waals surface area (Å²) >= 11 is 1.72. The number of allylic oxidation sites excluding steroid dienone is 4. The van der Waals surface area contributed by atoms with E-state index >= 15 is 0 Å². The van der Waals surface area contributed by atoms with E-state index < -0.39 is 6.17 Å². The van der Waals surface area contributed by atoms with E-state index in [2.05, 4.69) is 29.2 Å². The third kappa shape index (κ3) is 5.99. The van der Waals surface area contributed by atoms with Crippen LogP contribution in [0.3, 0.4) is 0 Å². The lowest BCUT2D eigenvalue weighted by molar-refractivity contribution is 0.0693. The van der Waals surface area contributed by atoms with Crippen LogP contribution >= 0.6 is 11.9 Å². The maximum absolute atomic E-state index is 13.7. The van der Waals surface area contributed by atoms with Crippen molar-refractivity contribution in [3.8, 4) is 0 Å². The van der Waals surface area contributed by atoms with Crippen molar-refractivity contribution in [1.82, 2.24) is 14.3 Å². The van der Waals surface area contributed by atoms with Crippen LogP contribution < -0.4 is 5.73 Å². The van der Waals surface area contributed by atoms with E-state index in [4.69, 9.17) is 10.7 Å². The van der Waals surface area contributed by atoms with E-state index in [0.29, 0.717) is 25.1 Å². The van der Waals surface area contributed by atoms with E-state index in [0.717, 1.165) is 42.2 Å². The number of hydrogen-bond donors (Lipinski definition) is 1. The predicted molar refractivity (Wildman–Crippen MR) is 147 cm³/mol. The Morgan fingerprint density at radius 2 is 2.08 bits per heavy atom. The Morgan fingerprint density at radius 1 is 1.31 bits per heavy atom. The molecule has 0 spiro atoms. The summed E-state index contributed by atoms with van der Waals surface area (Å²) in [6.07, 6.45) is 13.4. The molecule has 2 N–H and O–H groups in total. The number of piperidine rings is 1. The SMILES string of the molecule is C=CC12CC(=CN)C(=Nc3ccc(F)cc3)C=C1CCN(SC(/C=C\C)=C/N(C)N1CCC(F)C1)C2. The zero-order valence-corrected chi connectivity index (χ0v) is 21.9. The number of aliphatic imine (C=N–C) groups is 1. The summed E-state index contributed by atoms with van der Waals surface area (Å²) in [6, 6.07) is 6.17. The lowest BCUT2D eigenvalue weighted by Gasteiger charge is -2.45. The van der Waals surface area contributed by atoms with Crippen LogP contribution in [-0.4, -0.2) is 59.4 Å². The fraction of sp³-hybridized carbons (Fsp3) is 0.393. The molecule has 2 fully saturated rings. The van der Waals surface area contributed by atoms with Crippen LogP contribution in [0.2, 0.25) is 0 Å². The normalized spacial score (nSPS) is 28.1. The number of nitrogens with two attached hydrogens (primary N) is 1. The summed E-state index contributed by atoms with van der Waals surface area (Å²) < 4.78 is 29.4. The average molecular weight is 512 g/mol. The van der Waals surface area contributed by atoms with Crippen LogP contribution in [0.5, 0.6) is 0 Å². The first kappa shape index (κ1) is 26.4. The van der Waals surface area contributed by atoms with Crippen LogP contribution in [0, 0.1) is 11.2 Å². The van der Waals surface area contributed by atoms with Gasteiger partial charge in [-0.15, -0.1) is 6.58 Å². The molecule has 1 aliphatic carbocycles. The van der Waals surface area contributed by atoms with Crippen molar-refractivity contribution in [2.24, 2.45) is 16.1 Å². The molecule has 36 heavy (non-hydrogen) atoms. The number of alkyl halides is 1. The highest BCUT2D eigenvalue weighted by molar-refractivity contribution is 8.01. The molecule has 0 aromatic heterocycles. The zero-order valence-electron chi connectivity index (χ0n) is 21.0. The van der Waals surface area contributed by atoms with E-state index in [1.807, 2.05) is 36.1 Å². The highest BCUT2D eigenvalue weighted by Gasteiger charge is 2.41. The topological polar surface area (TPSA) is 48.1 Å². The molecule has 0 radical (unpaired) electrons. The van der Waals surface area contributed by atoms with E-state index in [1.54, 1.807) is 30.3 Å². The summed E-state index contributed by atoms with van der Waals surface area (Å²) in [4.78, 5) is 5.85. The van der Waals surface area contributed by atoms with Crippen molar-refractivity contribution >= 4 is 23.3 Å². The molecule has 5 nitrogen and oxygen atoms in total. The third-order valence-corrected chi connectivity index (χ3v) is 8.00. The van der Waals surface area contributed by atoms with Gasteiger partial charge in [0.2, 0.25) is 0 Å². The smallest absolute Gasteiger partial charge is 0.123 e. The second-order valence-electron chi connectivity index (χ2n) is 9.48. The maximum Gasteiger partial charge on any atom is 0.123 e. The van der Waals surface area contributed by atoms with Crippen molar-refractivity contribution in [3.63, 3.8) is 0 Å². The molecule has 0 bridgehead atoms. The van der Waals surface area contributed by atoms with Gasteiger partial charge >= 0.3 is 0 Å². The molecule has 2 heterocycles. The van der Waals surface area contributed by atoms with Gasteiger partial charge in [0.1, 0.15) is 12.0 Å². The number of nitrogens with zero attached hydrogens (tertiary/aromatic N) is 4. The van der Waals surface area contributed by atoms with Crippen molar-refractivity contribution < 1.29 is 8.78 Å². The molecular formula is C28H35F2N5S. The van der Waals surface area contributed by atoms with Gasteiger partial charge in [-0.1, -0.05) is 23.8 Å². The summed E-state index contributed by atoms with van der Waals surface area (Å²) in [7, 11) is 1.98. The Labute approximate surface area is 217 Å². The van der Waals surface area contributed by atoms with Gasteiger partial charge in [-0.2, -0.15) is 0 Å². The molecule has 8 heteroatoms. The highest BCUT2D eigenvalue weighted by atomic mass is 32.2. The molecule has 2 saturated heterocycles. The van der Waals surface area contributed by atoms with Crippen molar-refractivity contribution in [3.05, 3.63) is 89.4 Å². The molecule has 1 aromatic carbocycles. The number of rotatable bonds is 7. The molecular weight excluding hydrogens is 476 g/mol. The average Bonchev–Trinajstić information content (AvgIpc) is 3.31. The number of halogens is 2. The van der Waals surface area contributed by atoms with Crippen LogP contribution in [0.25, 0.3) is 0 Å². The standard InChI is InChI=1S/C28H35F2N5S/c1-4-6-26(19-33(3)34-13-12-24(30)18-34)36-35-14-11-22-15-27(32-25-9-7-23(29)8-10-25)21(17-31)16-28(22,5-2)20-35/h4-10,15,17,19,24H,2,11-14,16,18,20,31H2,1,3H3/b6-4-,21-17?,26-19+,32-27?. The van der Waals surface area contributed by atoms with Crippen molar-refractivity contribution in [1.29, 1.82) is 0 Å². The third-order valence-electron chi connectivity index (χ3n) is 6.98. The number of hydrazine groups is 1. The Balaban J connectivity index is 1.54. The molecule has 4 rings (SSSR count). The van der Waals surface area contributed by atoms with Crippen LogP contribution in [-0.2, 0) is 0 Å². The lowest BCUT2D eigenvalue weighted by Crippen LogP contribution is -2.43. The summed E-state index contributed by atoms with van der Waals surface area (Å²) in [5, 5.41) is 4.05. The number of benzene rings is 1. The maximum atomic E-state index is 13.7. The second-order valence-corrected chi connectivity index (χ2v) is 10.7. The lowest BCUT2D eigenvalue weighted by atomic mass is 9.67. The molecule has 2 atom stereocenters. The minimum Gasteiger partial charge on any atom is -0.404 e. The van der Waals surface area contributed by atoms with Gasteiger partial charge < -0.3 is 10.7 Å². The number of fused-ring (bicyclic) bond motifs is 1. The van der Waals surface area contributed by atoms with Crippen molar-refractivity contribution in [2.75, 3.05) is 33.2 Å². The minimum absolute atomic E-state index is 0.235. The van der Waals surface area contributed by atoms with E-state index in [9.17, 15) is 8.78 Å². The molecule has 192 valence electrons. The van der Waals surface area contributed by atoms with Gasteiger partial charge in [-0.3, -0.25) is 0 Å². The van der Waals surface area contributed by atoms with Gasteiger partial charge in [-0.05, 0) is 80.2 Å². The van der Waals surface area contributed by atoms with E-state index in [1.165, 1.54) is 17.7 Å². The summed E-state index contributed by atoms with van der Waals surface area (Å²) in [5.41, 5.74) is 9.58. The van der Waals surface area contributed by atoms with Crippen molar-refractivity contribution in [2.45, 2.75) is 32.4 Å². The Hall–Kier alpha value is -2.68. The minimum atomic E-state index is -0.758. The monoisotopic (exact) mass is 511 g/mol. The Bertz CT molecular complexity index is 1110. The molecule has 2 aliphatic heterocycles. The predicted octanol–water partition coefficient (Wildman–Crippen LogP) is 5.91. The zero-order chi connectivity index (χ0) is 25.7. The molecule has 1 aromatic rings. The first-order chi connectivity index (χ1) is 17.4. The first-order valence-electron chi connectivity index (χ1n) is 12.3. The van der Waals surface area contributed by atoms with E-state index in [-0.39, 0.29) is 11.2 Å². The molecule has 0 amide bonds. The second kappa shape index (κ2) is 11.6. The summed E-state index contributed by atoms with van der Waals surface area (Å²) in [6.45, 7) is 9.05. The fourth-order valence-corrected chi connectivity index (χ4v) is 6.15. The Morgan fingerprint density at radius 3 is 2.72 bits per heavy atom. The Kier molecular flexibility index (Phi) is 8.49. The highest BCUT2D eigenvalue weighted by Crippen LogP contribution is 2.47. The van der Waals surface area contributed by atoms with Crippen LogP contribution in [0.1, 0.15) is 26.2 Å². The van der Waals surface area contributed by atoms with Gasteiger partial charge in [0.05, 0.1) is 11.4 Å². The van der Waals surface area contributed by atoms with Gasteiger partial charge in [0.15, 0.2) is 0 Å². The fourth-order valence-electron chi connectivity index (χ4n) is 4.97. The van der Waals surface area contributed by atoms with Crippen LogP contribution in [0.15, 0.2) is 88.6 Å². The molecule has 0 saturated carbocycles. The molecule has 3 aliphatic rings. The largest absolute Gasteiger partial charge is 0.404 e. The first-order valence-corrected chi connectivity index (χ1v) is 13.1. The number of hydrogen-bond acceptors (Lipinski definition) is 6. The summed E-state index contributed by atoms with van der Waals surface area (Å²) in [5.74, 6) is -0.282. The van der Waals surface area contributed by atoms with Gasteiger partial charge in [0, 0.05) is 49.7 Å². The van der Waals surface area contributed by atoms with Gasteiger partial charge in [0.25, 0.3) is 0 Å². The van der Waals surface area contributed by atoms with Gasteiger partial charge in [-0.25, -0.2) is 23.1 Å². The van der Waals surface area contributed by atoms with Crippen LogP contribution in [0.4, 0.5) is 14.5 Å². The molecule has 2 unspecified atom stereocenters.